The Labute approximate surface area is 112 Å². The van der Waals surface area contributed by atoms with Gasteiger partial charge >= 0.3 is 0 Å². The maximum atomic E-state index is 5.21. The molecule has 3 nitrogen and oxygen atoms in total. The van der Waals surface area contributed by atoms with Crippen molar-refractivity contribution < 1.29 is 4.74 Å². The lowest BCUT2D eigenvalue weighted by Crippen LogP contribution is -2.41. The molecule has 2 aliphatic rings. The number of methoxy groups -OCH3 is 1. The highest BCUT2D eigenvalue weighted by molar-refractivity contribution is 4.95. The van der Waals surface area contributed by atoms with E-state index in [1.54, 1.807) is 7.11 Å². The van der Waals surface area contributed by atoms with Crippen LogP contribution in [-0.2, 0) is 4.74 Å². The van der Waals surface area contributed by atoms with Crippen LogP contribution in [0.5, 0.6) is 0 Å². The summed E-state index contributed by atoms with van der Waals surface area (Å²) in [5.74, 6) is 0. The molecule has 2 fully saturated rings. The van der Waals surface area contributed by atoms with Crippen molar-refractivity contribution in [1.82, 2.24) is 10.6 Å². The lowest BCUT2D eigenvalue weighted by Gasteiger charge is -2.27. The van der Waals surface area contributed by atoms with Gasteiger partial charge in [-0.05, 0) is 57.4 Å². The van der Waals surface area contributed by atoms with Crippen molar-refractivity contribution in [1.29, 1.82) is 0 Å². The van der Waals surface area contributed by atoms with Crippen molar-refractivity contribution >= 4 is 0 Å². The average molecular weight is 254 g/mol. The Bertz CT molecular complexity index is 235. The minimum Gasteiger partial charge on any atom is -0.385 e. The van der Waals surface area contributed by atoms with E-state index in [9.17, 15) is 0 Å². The first-order valence-corrected chi connectivity index (χ1v) is 7.70. The molecule has 1 aliphatic heterocycles. The van der Waals surface area contributed by atoms with Crippen LogP contribution in [-0.4, -0.2) is 38.9 Å². The van der Waals surface area contributed by atoms with E-state index in [1.807, 2.05) is 0 Å². The van der Waals surface area contributed by atoms with Gasteiger partial charge in [0.15, 0.2) is 0 Å². The zero-order valence-corrected chi connectivity index (χ0v) is 12.1. The molecule has 1 saturated carbocycles. The van der Waals surface area contributed by atoms with Gasteiger partial charge in [-0.25, -0.2) is 0 Å². The SMILES string of the molecule is COCCC1(CNC(C)CC2CCCCN2)CC1. The molecule has 0 amide bonds. The van der Waals surface area contributed by atoms with E-state index in [-0.39, 0.29) is 0 Å². The summed E-state index contributed by atoms with van der Waals surface area (Å²) in [6.07, 6.45) is 9.40. The van der Waals surface area contributed by atoms with Gasteiger partial charge < -0.3 is 15.4 Å². The topological polar surface area (TPSA) is 33.3 Å². The number of ether oxygens (including phenoxy) is 1. The number of hydrogen-bond donors (Lipinski definition) is 2. The molecule has 1 heterocycles. The molecule has 2 rings (SSSR count). The third-order valence-corrected chi connectivity index (χ3v) is 4.67. The minimum absolute atomic E-state index is 0.574. The molecule has 3 heteroatoms. The van der Waals surface area contributed by atoms with Crippen LogP contribution in [0.3, 0.4) is 0 Å². The van der Waals surface area contributed by atoms with E-state index in [4.69, 9.17) is 4.74 Å². The summed E-state index contributed by atoms with van der Waals surface area (Å²) in [4.78, 5) is 0. The van der Waals surface area contributed by atoms with Crippen molar-refractivity contribution in [2.45, 2.75) is 64.0 Å². The van der Waals surface area contributed by atoms with Crippen LogP contribution in [0.2, 0.25) is 0 Å². The smallest absolute Gasteiger partial charge is 0.0468 e. The Balaban J connectivity index is 1.60. The number of hydrogen-bond acceptors (Lipinski definition) is 3. The molecular formula is C15H30N2O. The highest BCUT2D eigenvalue weighted by atomic mass is 16.5. The Kier molecular flexibility index (Phi) is 5.46. The van der Waals surface area contributed by atoms with E-state index in [1.165, 1.54) is 58.0 Å². The summed E-state index contributed by atoms with van der Waals surface area (Å²) in [5, 5.41) is 7.38. The van der Waals surface area contributed by atoms with Crippen molar-refractivity contribution in [2.24, 2.45) is 5.41 Å². The first-order valence-electron chi connectivity index (χ1n) is 7.70. The normalized spacial score (nSPS) is 28.0. The molecule has 2 unspecified atom stereocenters. The molecule has 106 valence electrons. The second-order valence-electron chi connectivity index (χ2n) is 6.41. The van der Waals surface area contributed by atoms with Gasteiger partial charge in [-0.15, -0.1) is 0 Å². The minimum atomic E-state index is 0.574. The van der Waals surface area contributed by atoms with Crippen LogP contribution < -0.4 is 10.6 Å². The lowest BCUT2D eigenvalue weighted by atomic mass is 9.97. The second-order valence-corrected chi connectivity index (χ2v) is 6.41. The van der Waals surface area contributed by atoms with Crippen LogP contribution in [0.25, 0.3) is 0 Å². The van der Waals surface area contributed by atoms with E-state index in [0.717, 1.165) is 12.6 Å². The molecule has 0 aromatic heterocycles. The number of rotatable bonds is 8. The zero-order valence-electron chi connectivity index (χ0n) is 12.1. The van der Waals surface area contributed by atoms with Crippen LogP contribution in [0.15, 0.2) is 0 Å². The van der Waals surface area contributed by atoms with E-state index >= 15 is 0 Å². The van der Waals surface area contributed by atoms with Gasteiger partial charge in [0.25, 0.3) is 0 Å². The van der Waals surface area contributed by atoms with E-state index in [0.29, 0.717) is 11.5 Å². The van der Waals surface area contributed by atoms with E-state index < -0.39 is 0 Å². The summed E-state index contributed by atoms with van der Waals surface area (Å²) >= 11 is 0. The molecular weight excluding hydrogens is 224 g/mol. The predicted octanol–water partition coefficient (Wildman–Crippen LogP) is 2.31. The van der Waals surface area contributed by atoms with Gasteiger partial charge in [0.05, 0.1) is 0 Å². The molecule has 0 radical (unpaired) electrons. The molecule has 2 atom stereocenters. The lowest BCUT2D eigenvalue weighted by molar-refractivity contribution is 0.170. The fourth-order valence-electron chi connectivity index (χ4n) is 3.04. The first kappa shape index (κ1) is 14.3. The monoisotopic (exact) mass is 254 g/mol. The number of nitrogens with one attached hydrogen (secondary N) is 2. The van der Waals surface area contributed by atoms with Crippen LogP contribution >= 0.6 is 0 Å². The highest BCUT2D eigenvalue weighted by Gasteiger charge is 2.41. The maximum absolute atomic E-state index is 5.21. The molecule has 0 spiro atoms. The van der Waals surface area contributed by atoms with Crippen LogP contribution in [0.4, 0.5) is 0 Å². The Morgan fingerprint density at radius 1 is 1.39 bits per heavy atom. The molecule has 18 heavy (non-hydrogen) atoms. The van der Waals surface area contributed by atoms with Crippen LogP contribution in [0, 0.1) is 5.41 Å². The summed E-state index contributed by atoms with van der Waals surface area (Å²) in [6.45, 7) is 5.66. The summed E-state index contributed by atoms with van der Waals surface area (Å²) < 4.78 is 5.21. The molecule has 0 bridgehead atoms. The predicted molar refractivity (Wildman–Crippen MR) is 75.9 cm³/mol. The van der Waals surface area contributed by atoms with Crippen molar-refractivity contribution in [3.8, 4) is 0 Å². The largest absolute Gasteiger partial charge is 0.385 e. The molecule has 0 aromatic carbocycles. The third kappa shape index (κ3) is 4.52. The highest BCUT2D eigenvalue weighted by Crippen LogP contribution is 2.48. The average Bonchev–Trinajstić information content (AvgIpc) is 3.16. The van der Waals surface area contributed by atoms with Crippen LogP contribution in [0.1, 0.15) is 51.9 Å². The fourth-order valence-corrected chi connectivity index (χ4v) is 3.04. The Morgan fingerprint density at radius 3 is 2.83 bits per heavy atom. The fraction of sp³-hybridized carbons (Fsp3) is 1.00. The molecule has 1 saturated heterocycles. The first-order chi connectivity index (χ1) is 8.74. The van der Waals surface area contributed by atoms with Gasteiger partial charge in [-0.1, -0.05) is 6.42 Å². The quantitative estimate of drug-likeness (QED) is 0.697. The second kappa shape index (κ2) is 6.88. The van der Waals surface area contributed by atoms with Gasteiger partial charge in [0, 0.05) is 32.3 Å². The molecule has 0 aromatic rings. The van der Waals surface area contributed by atoms with Gasteiger partial charge in [0.1, 0.15) is 0 Å². The summed E-state index contributed by atoms with van der Waals surface area (Å²) in [5.41, 5.74) is 0.574. The molecule has 2 N–H and O–H groups in total. The van der Waals surface area contributed by atoms with Gasteiger partial charge in [-0.2, -0.15) is 0 Å². The van der Waals surface area contributed by atoms with Gasteiger partial charge in [-0.3, -0.25) is 0 Å². The zero-order chi connectivity index (χ0) is 12.8. The summed E-state index contributed by atoms with van der Waals surface area (Å²) in [7, 11) is 1.81. The summed E-state index contributed by atoms with van der Waals surface area (Å²) in [6, 6.07) is 1.39. The maximum Gasteiger partial charge on any atom is 0.0468 e. The van der Waals surface area contributed by atoms with Gasteiger partial charge in [0.2, 0.25) is 0 Å². The van der Waals surface area contributed by atoms with Crippen molar-refractivity contribution in [2.75, 3.05) is 26.8 Å². The standard InChI is InChI=1S/C15H30N2O/c1-13(11-14-5-3-4-9-16-14)17-12-15(6-7-15)8-10-18-2/h13-14,16-17H,3-12H2,1-2H3. The Morgan fingerprint density at radius 2 is 2.22 bits per heavy atom. The van der Waals surface area contributed by atoms with Crippen molar-refractivity contribution in [3.05, 3.63) is 0 Å². The third-order valence-electron chi connectivity index (χ3n) is 4.67. The number of piperidine rings is 1. The van der Waals surface area contributed by atoms with E-state index in [2.05, 4.69) is 17.6 Å². The Hall–Kier alpha value is -0.120. The molecule has 1 aliphatic carbocycles. The van der Waals surface area contributed by atoms with Crippen molar-refractivity contribution in [3.63, 3.8) is 0 Å².